The molecule has 8 nitrogen and oxygen atoms in total. The molecular formula is C19H24N4O4. The Labute approximate surface area is 157 Å². The molecule has 1 atom stereocenters. The minimum atomic E-state index is -0.530. The number of nitrogens with two attached hydrogens (primary N) is 1. The number of rotatable bonds is 8. The Hall–Kier alpha value is -2.71. The summed E-state index contributed by atoms with van der Waals surface area (Å²) in [7, 11) is 3.20. The van der Waals surface area contributed by atoms with Crippen molar-refractivity contribution in [3.8, 4) is 0 Å². The van der Waals surface area contributed by atoms with Gasteiger partial charge in [-0.15, -0.1) is 0 Å². The standard InChI is InChI=1S/C19H24N4O4/c1-12(11-26-3)27-19(24)15-16-18(23(17(15)20)9-6-10-25-2)22-14-8-5-4-7-13(14)21-16/h4-5,7-8,12H,6,9-11,20H2,1-3H3/t12-/m1/s1. The highest BCUT2D eigenvalue weighted by Gasteiger charge is 2.26. The van der Waals surface area contributed by atoms with Crippen LogP contribution in [0.25, 0.3) is 22.2 Å². The molecule has 0 aliphatic carbocycles. The molecule has 27 heavy (non-hydrogen) atoms. The highest BCUT2D eigenvalue weighted by Crippen LogP contribution is 2.29. The molecule has 8 heteroatoms. The van der Waals surface area contributed by atoms with Gasteiger partial charge in [-0.3, -0.25) is 0 Å². The van der Waals surface area contributed by atoms with Crippen LogP contribution < -0.4 is 5.73 Å². The van der Waals surface area contributed by atoms with Crippen molar-refractivity contribution in [2.24, 2.45) is 0 Å². The highest BCUT2D eigenvalue weighted by molar-refractivity contribution is 6.08. The van der Waals surface area contributed by atoms with Gasteiger partial charge in [0.1, 0.15) is 23.0 Å². The fourth-order valence-electron chi connectivity index (χ4n) is 3.02. The lowest BCUT2D eigenvalue weighted by molar-refractivity contribution is 0.0123. The van der Waals surface area contributed by atoms with E-state index in [1.807, 2.05) is 24.3 Å². The summed E-state index contributed by atoms with van der Waals surface area (Å²) in [5, 5.41) is 0. The molecule has 2 heterocycles. The summed E-state index contributed by atoms with van der Waals surface area (Å²) >= 11 is 0. The van der Waals surface area contributed by atoms with Gasteiger partial charge in [0.05, 0.1) is 17.6 Å². The number of nitrogens with zero attached hydrogens (tertiary/aromatic N) is 3. The molecule has 144 valence electrons. The van der Waals surface area contributed by atoms with E-state index < -0.39 is 12.1 Å². The lowest BCUT2D eigenvalue weighted by atomic mass is 10.2. The summed E-state index contributed by atoms with van der Waals surface area (Å²) in [6, 6.07) is 7.50. The molecule has 0 bridgehead atoms. The molecule has 0 aliphatic heterocycles. The zero-order valence-electron chi connectivity index (χ0n) is 15.8. The van der Waals surface area contributed by atoms with E-state index in [0.29, 0.717) is 42.3 Å². The molecule has 3 rings (SSSR count). The fraction of sp³-hybridized carbons (Fsp3) is 0.421. The van der Waals surface area contributed by atoms with Gasteiger partial charge in [-0.2, -0.15) is 0 Å². The SMILES string of the molecule is COCCCn1c(N)c(C(=O)O[C@H](C)COC)c2nc3ccccc3nc21. The number of aryl methyl sites for hydroxylation is 1. The summed E-state index contributed by atoms with van der Waals surface area (Å²) in [4.78, 5) is 22.1. The third-order valence-electron chi connectivity index (χ3n) is 4.24. The summed E-state index contributed by atoms with van der Waals surface area (Å²) in [6.45, 7) is 3.19. The van der Waals surface area contributed by atoms with Crippen LogP contribution in [-0.2, 0) is 20.8 Å². The van der Waals surface area contributed by atoms with Crippen LogP contribution in [-0.4, -0.2) is 54.0 Å². The second kappa shape index (κ2) is 8.32. The zero-order valence-corrected chi connectivity index (χ0v) is 15.8. The number of ether oxygens (including phenoxy) is 3. The van der Waals surface area contributed by atoms with Gasteiger partial charge in [-0.05, 0) is 25.5 Å². The van der Waals surface area contributed by atoms with Gasteiger partial charge < -0.3 is 24.5 Å². The van der Waals surface area contributed by atoms with E-state index in [2.05, 4.69) is 9.97 Å². The molecule has 3 aromatic rings. The molecule has 0 aliphatic rings. The van der Waals surface area contributed by atoms with E-state index in [9.17, 15) is 4.79 Å². The largest absolute Gasteiger partial charge is 0.456 e. The number of hydrogen-bond acceptors (Lipinski definition) is 7. The number of benzene rings is 1. The Morgan fingerprint density at radius 3 is 2.56 bits per heavy atom. The summed E-state index contributed by atoms with van der Waals surface area (Å²) in [5.74, 6) is -0.233. The predicted molar refractivity (Wildman–Crippen MR) is 103 cm³/mol. The number of aromatic nitrogens is 3. The molecule has 0 amide bonds. The van der Waals surface area contributed by atoms with E-state index >= 15 is 0 Å². The first-order chi connectivity index (χ1) is 13.1. The first kappa shape index (κ1) is 19.1. The van der Waals surface area contributed by atoms with Crippen LogP contribution in [0.4, 0.5) is 5.82 Å². The second-order valence-electron chi connectivity index (χ2n) is 6.31. The van der Waals surface area contributed by atoms with Crippen LogP contribution in [0.15, 0.2) is 24.3 Å². The van der Waals surface area contributed by atoms with Crippen LogP contribution in [0.1, 0.15) is 23.7 Å². The Morgan fingerprint density at radius 2 is 1.89 bits per heavy atom. The predicted octanol–water partition coefficient (Wildman–Crippen LogP) is 2.39. The summed E-state index contributed by atoms with van der Waals surface area (Å²) in [6.07, 6.45) is 0.329. The lowest BCUT2D eigenvalue weighted by Gasteiger charge is -2.12. The Bertz CT molecular complexity index is 954. The zero-order chi connectivity index (χ0) is 19.4. The number of nitrogen functional groups attached to an aromatic ring is 1. The maximum Gasteiger partial charge on any atom is 0.344 e. The highest BCUT2D eigenvalue weighted by atomic mass is 16.6. The van der Waals surface area contributed by atoms with Gasteiger partial charge in [0.2, 0.25) is 0 Å². The maximum atomic E-state index is 12.8. The molecule has 0 fully saturated rings. The average Bonchev–Trinajstić information content (AvgIpc) is 2.91. The van der Waals surface area contributed by atoms with Gasteiger partial charge in [-0.1, -0.05) is 12.1 Å². The molecule has 0 saturated carbocycles. The Kier molecular flexibility index (Phi) is 5.88. The van der Waals surface area contributed by atoms with Crippen LogP contribution in [0, 0.1) is 0 Å². The van der Waals surface area contributed by atoms with Crippen molar-refractivity contribution in [1.29, 1.82) is 0 Å². The Balaban J connectivity index is 2.11. The van der Waals surface area contributed by atoms with Crippen molar-refractivity contribution in [2.75, 3.05) is 33.2 Å². The van der Waals surface area contributed by atoms with E-state index in [1.165, 1.54) is 0 Å². The molecule has 2 aromatic heterocycles. The quantitative estimate of drug-likeness (QED) is 0.478. The minimum absolute atomic E-state index is 0.239. The molecule has 0 radical (unpaired) electrons. The van der Waals surface area contributed by atoms with Crippen molar-refractivity contribution in [3.05, 3.63) is 29.8 Å². The smallest absolute Gasteiger partial charge is 0.344 e. The van der Waals surface area contributed by atoms with Crippen molar-refractivity contribution < 1.29 is 19.0 Å². The first-order valence-corrected chi connectivity index (χ1v) is 8.80. The van der Waals surface area contributed by atoms with Crippen LogP contribution >= 0.6 is 0 Å². The monoisotopic (exact) mass is 372 g/mol. The molecule has 0 spiro atoms. The number of anilines is 1. The third kappa shape index (κ3) is 3.86. The first-order valence-electron chi connectivity index (χ1n) is 8.80. The molecular weight excluding hydrogens is 348 g/mol. The number of hydrogen-bond donors (Lipinski definition) is 1. The van der Waals surface area contributed by atoms with Crippen LogP contribution in [0.2, 0.25) is 0 Å². The number of carbonyl (C=O) groups excluding carboxylic acids is 1. The van der Waals surface area contributed by atoms with E-state index in [0.717, 1.165) is 11.9 Å². The number of methoxy groups -OCH3 is 2. The van der Waals surface area contributed by atoms with Gasteiger partial charge >= 0.3 is 5.97 Å². The van der Waals surface area contributed by atoms with E-state index in [4.69, 9.17) is 19.9 Å². The van der Waals surface area contributed by atoms with Crippen LogP contribution in [0.3, 0.4) is 0 Å². The van der Waals surface area contributed by atoms with Gasteiger partial charge in [0.15, 0.2) is 5.65 Å². The number of carbonyl (C=O) groups is 1. The van der Waals surface area contributed by atoms with Gasteiger partial charge in [0.25, 0.3) is 0 Å². The topological polar surface area (TPSA) is 101 Å². The number of esters is 1. The molecule has 0 unspecified atom stereocenters. The number of para-hydroxylation sites is 2. The van der Waals surface area contributed by atoms with Crippen molar-refractivity contribution in [1.82, 2.24) is 14.5 Å². The molecule has 0 saturated heterocycles. The van der Waals surface area contributed by atoms with Gasteiger partial charge in [0, 0.05) is 27.4 Å². The summed E-state index contributed by atoms with van der Waals surface area (Å²) in [5.41, 5.74) is 9.00. The normalized spacial score (nSPS) is 12.6. The third-order valence-corrected chi connectivity index (χ3v) is 4.24. The maximum absolute atomic E-state index is 12.8. The van der Waals surface area contributed by atoms with Crippen molar-refractivity contribution in [2.45, 2.75) is 26.0 Å². The molecule has 1 aromatic carbocycles. The fourth-order valence-corrected chi connectivity index (χ4v) is 3.02. The van der Waals surface area contributed by atoms with Crippen molar-refractivity contribution >= 4 is 34.0 Å². The van der Waals surface area contributed by atoms with Crippen molar-refractivity contribution in [3.63, 3.8) is 0 Å². The van der Waals surface area contributed by atoms with E-state index in [-0.39, 0.29) is 5.56 Å². The Morgan fingerprint density at radius 1 is 1.19 bits per heavy atom. The minimum Gasteiger partial charge on any atom is -0.456 e. The number of fused-ring (bicyclic) bond motifs is 2. The van der Waals surface area contributed by atoms with Crippen LogP contribution in [0.5, 0.6) is 0 Å². The molecule has 2 N–H and O–H groups in total. The van der Waals surface area contributed by atoms with Gasteiger partial charge in [-0.25, -0.2) is 14.8 Å². The second-order valence-corrected chi connectivity index (χ2v) is 6.31. The summed E-state index contributed by atoms with van der Waals surface area (Å²) < 4.78 is 17.4. The average molecular weight is 372 g/mol. The lowest BCUT2D eigenvalue weighted by Crippen LogP contribution is -2.20. The van der Waals surface area contributed by atoms with E-state index in [1.54, 1.807) is 25.7 Å².